The Bertz CT molecular complexity index is 329. The van der Waals surface area contributed by atoms with Crippen LogP contribution in [0.3, 0.4) is 0 Å². The molecule has 5 heteroatoms. The second kappa shape index (κ2) is 7.25. The van der Waals surface area contributed by atoms with E-state index in [2.05, 4.69) is 20.8 Å². The molecule has 1 fully saturated rings. The zero-order chi connectivity index (χ0) is 14.6. The normalized spacial score (nSPS) is 29.1. The summed E-state index contributed by atoms with van der Waals surface area (Å²) in [6.45, 7) is 6.40. The number of hydrogen-bond acceptors (Lipinski definition) is 4. The van der Waals surface area contributed by atoms with Crippen molar-refractivity contribution in [3.05, 3.63) is 0 Å². The van der Waals surface area contributed by atoms with Gasteiger partial charge in [0.15, 0.2) is 0 Å². The third kappa shape index (κ3) is 4.46. The Hall–Kier alpha value is -0.610. The number of methoxy groups -OCH3 is 1. The van der Waals surface area contributed by atoms with E-state index in [4.69, 9.17) is 21.1 Å². The first-order valence-electron chi connectivity index (χ1n) is 6.79. The van der Waals surface area contributed by atoms with Gasteiger partial charge in [0, 0.05) is 7.11 Å². The highest BCUT2D eigenvalue weighted by Crippen LogP contribution is 2.35. The third-order valence-electron chi connectivity index (χ3n) is 3.88. The van der Waals surface area contributed by atoms with Crippen LogP contribution in [0.5, 0.6) is 0 Å². The molecule has 1 rings (SSSR count). The number of carbonyl (C=O) groups is 2. The lowest BCUT2D eigenvalue weighted by molar-refractivity contribution is -0.168. The Labute approximate surface area is 119 Å². The van der Waals surface area contributed by atoms with E-state index in [-0.39, 0.29) is 6.10 Å². The van der Waals surface area contributed by atoms with Crippen molar-refractivity contribution >= 4 is 22.8 Å². The molecule has 0 aromatic heterocycles. The molecule has 0 aliphatic heterocycles. The van der Waals surface area contributed by atoms with Gasteiger partial charge in [-0.1, -0.05) is 27.2 Å². The number of halogens is 1. The van der Waals surface area contributed by atoms with E-state index in [1.807, 2.05) is 0 Å². The Balaban J connectivity index is 2.70. The van der Waals surface area contributed by atoms with E-state index in [0.29, 0.717) is 17.8 Å². The van der Waals surface area contributed by atoms with Gasteiger partial charge in [0.05, 0.1) is 0 Å². The molecule has 0 aromatic carbocycles. The van der Waals surface area contributed by atoms with Gasteiger partial charge >= 0.3 is 5.97 Å². The Morgan fingerprint density at radius 2 is 1.89 bits per heavy atom. The summed E-state index contributed by atoms with van der Waals surface area (Å²) in [7, 11) is 1.27. The first-order valence-corrected chi connectivity index (χ1v) is 7.17. The average molecular weight is 291 g/mol. The van der Waals surface area contributed by atoms with Crippen LogP contribution in [0.1, 0.15) is 40.0 Å². The Kier molecular flexibility index (Phi) is 6.27. The molecule has 0 radical (unpaired) electrons. The molecule has 0 aromatic rings. The lowest BCUT2D eigenvalue weighted by Gasteiger charge is -2.37. The van der Waals surface area contributed by atoms with Crippen molar-refractivity contribution in [1.29, 1.82) is 0 Å². The maximum atomic E-state index is 11.9. The topological polar surface area (TPSA) is 52.6 Å². The highest BCUT2D eigenvalue weighted by Gasteiger charge is 2.36. The molecule has 19 heavy (non-hydrogen) atoms. The zero-order valence-corrected chi connectivity index (χ0v) is 12.8. The summed E-state index contributed by atoms with van der Waals surface area (Å²) in [5.74, 6) is 0.633. The van der Waals surface area contributed by atoms with Crippen LogP contribution in [0.4, 0.5) is 0 Å². The smallest absolute Gasteiger partial charge is 0.344 e. The Morgan fingerprint density at radius 1 is 1.26 bits per heavy atom. The molecule has 0 spiro atoms. The largest absolute Gasteiger partial charge is 0.460 e. The predicted molar refractivity (Wildman–Crippen MR) is 72.9 cm³/mol. The lowest BCUT2D eigenvalue weighted by atomic mass is 9.75. The van der Waals surface area contributed by atoms with E-state index in [0.717, 1.165) is 19.3 Å². The minimum atomic E-state index is -1.31. The predicted octanol–water partition coefficient (Wildman–Crippen LogP) is 2.77. The molecule has 0 saturated heterocycles. The summed E-state index contributed by atoms with van der Waals surface area (Å²) >= 11 is 5.32. The van der Waals surface area contributed by atoms with Crippen LogP contribution < -0.4 is 0 Å². The number of carbonyl (C=O) groups excluding carboxylic acids is 2. The minimum absolute atomic E-state index is 0.148. The van der Waals surface area contributed by atoms with E-state index >= 15 is 0 Å². The monoisotopic (exact) mass is 290 g/mol. The van der Waals surface area contributed by atoms with Crippen molar-refractivity contribution in [1.82, 2.24) is 0 Å². The van der Waals surface area contributed by atoms with Gasteiger partial charge in [-0.25, -0.2) is 4.79 Å². The SMILES string of the molecule is COC(C(=O)Cl)C(=O)OC1CC(C)CCC1C(C)C. The lowest BCUT2D eigenvalue weighted by Crippen LogP contribution is -2.40. The Morgan fingerprint density at radius 3 is 2.37 bits per heavy atom. The van der Waals surface area contributed by atoms with Gasteiger partial charge in [-0.15, -0.1) is 0 Å². The fraction of sp³-hybridized carbons (Fsp3) is 0.857. The minimum Gasteiger partial charge on any atom is -0.460 e. The van der Waals surface area contributed by atoms with Crippen molar-refractivity contribution < 1.29 is 19.1 Å². The second-order valence-electron chi connectivity index (χ2n) is 5.72. The van der Waals surface area contributed by atoms with E-state index in [9.17, 15) is 9.59 Å². The van der Waals surface area contributed by atoms with Gasteiger partial charge in [0.25, 0.3) is 5.24 Å². The van der Waals surface area contributed by atoms with Gasteiger partial charge < -0.3 is 9.47 Å². The number of hydrogen-bond donors (Lipinski definition) is 0. The number of esters is 1. The summed E-state index contributed by atoms with van der Waals surface area (Å²) in [5, 5.41) is -0.836. The molecule has 4 nitrogen and oxygen atoms in total. The average Bonchev–Trinajstić information content (AvgIpc) is 2.28. The van der Waals surface area contributed by atoms with Crippen molar-refractivity contribution in [2.75, 3.05) is 7.11 Å². The van der Waals surface area contributed by atoms with Crippen molar-refractivity contribution in [2.45, 2.75) is 52.2 Å². The molecule has 1 saturated carbocycles. The fourth-order valence-corrected chi connectivity index (χ4v) is 2.92. The molecule has 110 valence electrons. The quantitative estimate of drug-likeness (QED) is 0.444. The number of ether oxygens (including phenoxy) is 2. The van der Waals surface area contributed by atoms with Crippen LogP contribution in [0.2, 0.25) is 0 Å². The summed E-state index contributed by atoms with van der Waals surface area (Å²) < 4.78 is 10.3. The molecule has 0 bridgehead atoms. The van der Waals surface area contributed by atoms with Crippen LogP contribution in [-0.4, -0.2) is 30.5 Å². The highest BCUT2D eigenvalue weighted by atomic mass is 35.5. The maximum absolute atomic E-state index is 11.9. The first kappa shape index (κ1) is 16.4. The standard InChI is InChI=1S/C14H23ClO4/c1-8(2)10-6-5-9(3)7-11(10)19-14(17)12(18-4)13(15)16/h8-12H,5-7H2,1-4H3. The van der Waals surface area contributed by atoms with E-state index in [1.54, 1.807) is 0 Å². The zero-order valence-electron chi connectivity index (χ0n) is 12.0. The molecular formula is C14H23ClO4. The van der Waals surface area contributed by atoms with Crippen LogP contribution in [0.25, 0.3) is 0 Å². The fourth-order valence-electron chi connectivity index (χ4n) is 2.74. The van der Waals surface area contributed by atoms with Crippen molar-refractivity contribution in [2.24, 2.45) is 17.8 Å². The summed E-state index contributed by atoms with van der Waals surface area (Å²) in [6.07, 6.45) is 1.57. The molecule has 0 amide bonds. The molecule has 0 heterocycles. The summed E-state index contributed by atoms with van der Waals surface area (Å²) in [4.78, 5) is 23.0. The second-order valence-corrected chi connectivity index (χ2v) is 6.09. The van der Waals surface area contributed by atoms with Crippen LogP contribution >= 0.6 is 11.6 Å². The van der Waals surface area contributed by atoms with Crippen molar-refractivity contribution in [3.8, 4) is 0 Å². The van der Waals surface area contributed by atoms with Gasteiger partial charge in [-0.3, -0.25) is 4.79 Å². The maximum Gasteiger partial charge on any atom is 0.344 e. The number of rotatable bonds is 5. The van der Waals surface area contributed by atoms with Crippen LogP contribution in [-0.2, 0) is 19.1 Å². The van der Waals surface area contributed by atoms with E-state index in [1.165, 1.54) is 7.11 Å². The molecular weight excluding hydrogens is 268 g/mol. The molecule has 1 aliphatic carbocycles. The van der Waals surface area contributed by atoms with Gasteiger partial charge in [-0.2, -0.15) is 0 Å². The molecule has 1 aliphatic rings. The summed E-state index contributed by atoms with van der Waals surface area (Å²) in [5.41, 5.74) is 0. The first-order chi connectivity index (χ1) is 8.86. The molecule has 4 atom stereocenters. The van der Waals surface area contributed by atoms with Crippen LogP contribution in [0, 0.1) is 17.8 Å². The van der Waals surface area contributed by atoms with Gasteiger partial charge in [-0.05, 0) is 42.2 Å². The third-order valence-corrected chi connectivity index (χ3v) is 4.08. The molecule has 4 unspecified atom stereocenters. The molecule has 0 N–H and O–H groups in total. The van der Waals surface area contributed by atoms with E-state index < -0.39 is 17.3 Å². The van der Waals surface area contributed by atoms with Gasteiger partial charge in [0.2, 0.25) is 6.10 Å². The highest BCUT2D eigenvalue weighted by molar-refractivity contribution is 6.66. The summed E-state index contributed by atoms with van der Waals surface area (Å²) in [6, 6.07) is 0. The van der Waals surface area contributed by atoms with Gasteiger partial charge in [0.1, 0.15) is 6.10 Å². The van der Waals surface area contributed by atoms with Crippen molar-refractivity contribution in [3.63, 3.8) is 0 Å². The van der Waals surface area contributed by atoms with Crippen LogP contribution in [0.15, 0.2) is 0 Å².